The molecule has 1 heterocycles. The normalized spacial score (nSPS) is 19.4. The van der Waals surface area contributed by atoms with Gasteiger partial charge in [0.15, 0.2) is 0 Å². The Morgan fingerprint density at radius 3 is 2.64 bits per heavy atom. The number of alkyl halides is 1. The quantitative estimate of drug-likeness (QED) is 0.705. The lowest BCUT2D eigenvalue weighted by Gasteiger charge is -2.40. The van der Waals surface area contributed by atoms with Gasteiger partial charge in [-0.1, -0.05) is 6.42 Å². The third-order valence-corrected chi connectivity index (χ3v) is 3.92. The van der Waals surface area contributed by atoms with Crippen molar-refractivity contribution in [1.29, 1.82) is 0 Å². The fourth-order valence-corrected chi connectivity index (χ4v) is 2.61. The largest absolute Gasteiger partial charge is 0.272 e. The van der Waals surface area contributed by atoms with Gasteiger partial charge in [-0.2, -0.15) is 5.10 Å². The van der Waals surface area contributed by atoms with Crippen molar-refractivity contribution in [2.45, 2.75) is 32.6 Å². The molecule has 0 unspecified atom stereocenters. The fraction of sp³-hybridized carbons (Fsp3) is 0.727. The van der Waals surface area contributed by atoms with E-state index in [0.29, 0.717) is 5.41 Å². The first-order chi connectivity index (χ1) is 6.65. The van der Waals surface area contributed by atoms with Gasteiger partial charge in [0.25, 0.3) is 0 Å². The van der Waals surface area contributed by atoms with Gasteiger partial charge in [0.05, 0.1) is 5.69 Å². The van der Waals surface area contributed by atoms with Crippen LogP contribution in [0, 0.1) is 12.3 Å². The van der Waals surface area contributed by atoms with Gasteiger partial charge in [-0.3, -0.25) is 4.68 Å². The molecule has 0 spiro atoms. The van der Waals surface area contributed by atoms with E-state index in [0.717, 1.165) is 18.0 Å². The van der Waals surface area contributed by atoms with Crippen molar-refractivity contribution < 1.29 is 0 Å². The summed E-state index contributed by atoms with van der Waals surface area (Å²) < 4.78 is 1.99. The molecule has 1 aromatic rings. The van der Waals surface area contributed by atoms with Crippen LogP contribution in [0.5, 0.6) is 0 Å². The molecule has 78 valence electrons. The van der Waals surface area contributed by atoms with Gasteiger partial charge in [-0.05, 0) is 37.7 Å². The molecule has 0 radical (unpaired) electrons. The molecule has 0 N–H and O–H groups in total. The van der Waals surface area contributed by atoms with E-state index in [2.05, 4.69) is 11.2 Å². The second-order valence-electron chi connectivity index (χ2n) is 4.56. The molecule has 3 heteroatoms. The van der Waals surface area contributed by atoms with Gasteiger partial charge in [0, 0.05) is 18.6 Å². The summed E-state index contributed by atoms with van der Waals surface area (Å²) in [5.41, 5.74) is 2.80. The van der Waals surface area contributed by atoms with Crippen molar-refractivity contribution in [3.63, 3.8) is 0 Å². The zero-order chi connectivity index (χ0) is 10.2. The average molecular weight is 213 g/mol. The highest BCUT2D eigenvalue weighted by Crippen LogP contribution is 2.44. The fourth-order valence-electron chi connectivity index (χ4n) is 2.25. The van der Waals surface area contributed by atoms with Crippen LogP contribution in [0.25, 0.3) is 0 Å². The zero-order valence-electron chi connectivity index (χ0n) is 8.89. The Morgan fingerprint density at radius 1 is 1.57 bits per heavy atom. The first-order valence-electron chi connectivity index (χ1n) is 5.21. The Kier molecular flexibility index (Phi) is 2.56. The summed E-state index contributed by atoms with van der Waals surface area (Å²) in [6.07, 6.45) is 4.98. The van der Waals surface area contributed by atoms with E-state index in [9.17, 15) is 0 Å². The van der Waals surface area contributed by atoms with Crippen molar-refractivity contribution >= 4 is 11.6 Å². The van der Waals surface area contributed by atoms with E-state index in [-0.39, 0.29) is 0 Å². The Bertz CT molecular complexity index is 321. The Labute approximate surface area is 90.3 Å². The molecular weight excluding hydrogens is 196 g/mol. The third-order valence-electron chi connectivity index (χ3n) is 3.35. The van der Waals surface area contributed by atoms with Gasteiger partial charge >= 0.3 is 0 Å². The van der Waals surface area contributed by atoms with Crippen LogP contribution in [-0.2, 0) is 13.5 Å². The highest BCUT2D eigenvalue weighted by atomic mass is 35.5. The maximum absolute atomic E-state index is 6.04. The van der Waals surface area contributed by atoms with E-state index in [1.807, 2.05) is 18.7 Å². The van der Waals surface area contributed by atoms with Crippen molar-refractivity contribution in [1.82, 2.24) is 9.78 Å². The SMILES string of the molecule is Cc1cc(CC2(CCl)CCC2)n(C)n1. The summed E-state index contributed by atoms with van der Waals surface area (Å²) >= 11 is 6.04. The maximum atomic E-state index is 6.04. The van der Waals surface area contributed by atoms with E-state index in [1.54, 1.807) is 0 Å². The molecule has 14 heavy (non-hydrogen) atoms. The zero-order valence-corrected chi connectivity index (χ0v) is 9.64. The number of aromatic nitrogens is 2. The van der Waals surface area contributed by atoms with Gasteiger partial charge < -0.3 is 0 Å². The van der Waals surface area contributed by atoms with Crippen LogP contribution in [0.15, 0.2) is 6.07 Å². The monoisotopic (exact) mass is 212 g/mol. The predicted octanol–water partition coefficient (Wildman–Crippen LogP) is 2.68. The summed E-state index contributed by atoms with van der Waals surface area (Å²) in [6, 6.07) is 2.17. The van der Waals surface area contributed by atoms with Crippen LogP contribution in [-0.4, -0.2) is 15.7 Å². The topological polar surface area (TPSA) is 17.8 Å². The van der Waals surface area contributed by atoms with Crippen LogP contribution in [0.2, 0.25) is 0 Å². The molecule has 0 saturated heterocycles. The third kappa shape index (κ3) is 1.68. The van der Waals surface area contributed by atoms with Crippen molar-refractivity contribution in [3.8, 4) is 0 Å². The Hall–Kier alpha value is -0.500. The second-order valence-corrected chi connectivity index (χ2v) is 4.83. The van der Waals surface area contributed by atoms with Crippen LogP contribution in [0.1, 0.15) is 30.7 Å². The number of hydrogen-bond acceptors (Lipinski definition) is 1. The predicted molar refractivity (Wildman–Crippen MR) is 58.7 cm³/mol. The van der Waals surface area contributed by atoms with Crippen LogP contribution in [0.4, 0.5) is 0 Å². The molecule has 1 saturated carbocycles. The Balaban J connectivity index is 2.13. The molecule has 0 bridgehead atoms. The van der Waals surface area contributed by atoms with Gasteiger partial charge in [0.1, 0.15) is 0 Å². The first-order valence-corrected chi connectivity index (χ1v) is 5.74. The Morgan fingerprint density at radius 2 is 2.29 bits per heavy atom. The van der Waals surface area contributed by atoms with Gasteiger partial charge in [-0.25, -0.2) is 0 Å². The summed E-state index contributed by atoms with van der Waals surface area (Å²) in [7, 11) is 2.02. The number of halogens is 1. The molecule has 1 aromatic heterocycles. The molecule has 0 atom stereocenters. The first kappa shape index (κ1) is 10.0. The van der Waals surface area contributed by atoms with Crippen molar-refractivity contribution in [3.05, 3.63) is 17.5 Å². The standard InChI is InChI=1S/C11H17ClN2/c1-9-6-10(14(2)13-9)7-11(8-12)4-3-5-11/h6H,3-5,7-8H2,1-2H3. The minimum absolute atomic E-state index is 0.377. The van der Waals surface area contributed by atoms with Gasteiger partial charge in [-0.15, -0.1) is 11.6 Å². The van der Waals surface area contributed by atoms with E-state index < -0.39 is 0 Å². The summed E-state index contributed by atoms with van der Waals surface area (Å²) in [6.45, 7) is 2.04. The molecule has 0 aromatic carbocycles. The van der Waals surface area contributed by atoms with Crippen LogP contribution in [0.3, 0.4) is 0 Å². The minimum Gasteiger partial charge on any atom is -0.272 e. The van der Waals surface area contributed by atoms with Crippen LogP contribution < -0.4 is 0 Å². The van der Waals surface area contributed by atoms with E-state index in [1.165, 1.54) is 25.0 Å². The summed E-state index contributed by atoms with van der Waals surface area (Å²) in [5, 5.41) is 4.36. The number of hydrogen-bond donors (Lipinski definition) is 0. The average Bonchev–Trinajstić information content (AvgIpc) is 2.38. The van der Waals surface area contributed by atoms with E-state index >= 15 is 0 Å². The maximum Gasteiger partial charge on any atom is 0.0596 e. The molecule has 1 aliphatic rings. The van der Waals surface area contributed by atoms with Crippen LogP contribution >= 0.6 is 11.6 Å². The van der Waals surface area contributed by atoms with Crippen molar-refractivity contribution in [2.24, 2.45) is 12.5 Å². The highest BCUT2D eigenvalue weighted by molar-refractivity contribution is 6.18. The molecule has 0 amide bonds. The molecule has 2 nitrogen and oxygen atoms in total. The summed E-state index contributed by atoms with van der Waals surface area (Å²) in [4.78, 5) is 0. The molecule has 1 aliphatic carbocycles. The summed E-state index contributed by atoms with van der Waals surface area (Å²) in [5.74, 6) is 0.789. The minimum atomic E-state index is 0.377. The molecule has 2 rings (SSSR count). The second kappa shape index (κ2) is 3.58. The highest BCUT2D eigenvalue weighted by Gasteiger charge is 2.36. The van der Waals surface area contributed by atoms with E-state index in [4.69, 9.17) is 11.6 Å². The molecule has 0 aliphatic heterocycles. The molecular formula is C11H17ClN2. The lowest BCUT2D eigenvalue weighted by atomic mass is 9.67. The van der Waals surface area contributed by atoms with Gasteiger partial charge in [0.2, 0.25) is 0 Å². The lowest BCUT2D eigenvalue weighted by Crippen LogP contribution is -2.34. The smallest absolute Gasteiger partial charge is 0.0596 e. The number of aryl methyl sites for hydroxylation is 2. The number of rotatable bonds is 3. The van der Waals surface area contributed by atoms with Crippen molar-refractivity contribution in [2.75, 3.05) is 5.88 Å². The molecule has 1 fully saturated rings. The lowest BCUT2D eigenvalue weighted by molar-refractivity contribution is 0.162. The number of nitrogens with zero attached hydrogens (tertiary/aromatic N) is 2.